The molecule has 2 amide bonds. The monoisotopic (exact) mass is 440 g/mol. The predicted molar refractivity (Wildman–Crippen MR) is 122 cm³/mol. The minimum Gasteiger partial charge on any atom is -0.494 e. The van der Waals surface area contributed by atoms with Crippen molar-refractivity contribution in [3.8, 4) is 17.2 Å². The number of aryl methyl sites for hydroxylation is 2. The van der Waals surface area contributed by atoms with Gasteiger partial charge in [0.05, 0.1) is 6.61 Å². The number of nitrogens with one attached hydrogen (secondary N) is 1. The molecule has 0 aromatic heterocycles. The molecule has 0 saturated carbocycles. The molecular weight excluding hydrogens is 408 g/mol. The first kappa shape index (κ1) is 23.4. The Labute approximate surface area is 189 Å². The summed E-state index contributed by atoms with van der Waals surface area (Å²) in [7, 11) is 0. The lowest BCUT2D eigenvalue weighted by Crippen LogP contribution is -2.48. The summed E-state index contributed by atoms with van der Waals surface area (Å²) in [5.74, 6) is 1.89. The highest BCUT2D eigenvalue weighted by Crippen LogP contribution is 2.18. The number of ether oxygens (including phenoxy) is 3. The summed E-state index contributed by atoms with van der Waals surface area (Å²) in [6.07, 6.45) is 1.42. The number of carbonyl (C=O) groups excluding carboxylic acids is 2. The molecule has 7 heteroatoms. The SMILES string of the molecule is CCOc1ccc(OCC(=O)NC2CCN(C(=O)COc3ccc(C)c(C)c3)CC2)cc1. The van der Waals surface area contributed by atoms with Gasteiger partial charge in [-0.1, -0.05) is 6.07 Å². The molecule has 0 spiro atoms. The number of amides is 2. The van der Waals surface area contributed by atoms with Crippen LogP contribution in [0, 0.1) is 13.8 Å². The van der Waals surface area contributed by atoms with E-state index in [0.29, 0.717) is 44.0 Å². The zero-order chi connectivity index (χ0) is 22.9. The molecule has 2 aromatic rings. The molecule has 0 aliphatic carbocycles. The second-order valence-corrected chi connectivity index (χ2v) is 7.95. The molecule has 0 atom stereocenters. The summed E-state index contributed by atoms with van der Waals surface area (Å²) < 4.78 is 16.6. The number of hydrogen-bond donors (Lipinski definition) is 1. The summed E-state index contributed by atoms with van der Waals surface area (Å²) in [5, 5.41) is 2.99. The lowest BCUT2D eigenvalue weighted by atomic mass is 10.1. The molecule has 3 rings (SSSR count). The number of carbonyl (C=O) groups is 2. The van der Waals surface area contributed by atoms with Crippen LogP contribution in [-0.2, 0) is 9.59 Å². The van der Waals surface area contributed by atoms with Gasteiger partial charge in [-0.15, -0.1) is 0 Å². The van der Waals surface area contributed by atoms with Crippen molar-refractivity contribution in [2.75, 3.05) is 32.9 Å². The van der Waals surface area contributed by atoms with Gasteiger partial charge in [-0.05, 0) is 81.1 Å². The third kappa shape index (κ3) is 6.90. The topological polar surface area (TPSA) is 77.1 Å². The van der Waals surface area contributed by atoms with E-state index >= 15 is 0 Å². The molecule has 172 valence electrons. The Kier molecular flexibility index (Phi) is 8.36. The van der Waals surface area contributed by atoms with Gasteiger partial charge >= 0.3 is 0 Å². The Balaban J connectivity index is 1.35. The van der Waals surface area contributed by atoms with E-state index in [2.05, 4.69) is 5.32 Å². The number of piperidine rings is 1. The van der Waals surface area contributed by atoms with Crippen LogP contribution in [0.1, 0.15) is 30.9 Å². The Hall–Kier alpha value is -3.22. The summed E-state index contributed by atoms with van der Waals surface area (Å²) in [6, 6.07) is 13.0. The molecule has 7 nitrogen and oxygen atoms in total. The maximum atomic E-state index is 12.5. The summed E-state index contributed by atoms with van der Waals surface area (Å²) in [6.45, 7) is 7.76. The fourth-order valence-electron chi connectivity index (χ4n) is 3.53. The van der Waals surface area contributed by atoms with Gasteiger partial charge < -0.3 is 24.4 Å². The molecule has 1 heterocycles. The molecule has 2 aromatic carbocycles. The second kappa shape index (κ2) is 11.4. The largest absolute Gasteiger partial charge is 0.494 e. The van der Waals surface area contributed by atoms with E-state index in [4.69, 9.17) is 14.2 Å². The van der Waals surface area contributed by atoms with Crippen LogP contribution in [-0.4, -0.2) is 55.7 Å². The number of nitrogens with zero attached hydrogens (tertiary/aromatic N) is 1. The molecule has 1 N–H and O–H groups in total. The van der Waals surface area contributed by atoms with Crippen molar-refractivity contribution in [3.05, 3.63) is 53.6 Å². The van der Waals surface area contributed by atoms with Crippen LogP contribution in [0.25, 0.3) is 0 Å². The van der Waals surface area contributed by atoms with E-state index in [0.717, 1.165) is 11.3 Å². The molecule has 1 aliphatic heterocycles. The lowest BCUT2D eigenvalue weighted by molar-refractivity contribution is -0.134. The van der Waals surface area contributed by atoms with Crippen LogP contribution in [0.15, 0.2) is 42.5 Å². The maximum Gasteiger partial charge on any atom is 0.260 e. The van der Waals surface area contributed by atoms with E-state index < -0.39 is 0 Å². The van der Waals surface area contributed by atoms with Gasteiger partial charge in [-0.3, -0.25) is 9.59 Å². The first-order chi connectivity index (χ1) is 15.4. The number of rotatable bonds is 9. The first-order valence-corrected chi connectivity index (χ1v) is 11.1. The standard InChI is InChI=1S/C25H32N2O5/c1-4-30-21-7-9-22(10-8-21)31-16-24(28)26-20-11-13-27(14-12-20)25(29)17-32-23-6-5-18(2)19(3)15-23/h5-10,15,20H,4,11-14,16-17H2,1-3H3,(H,26,28). The maximum absolute atomic E-state index is 12.5. The van der Waals surface area contributed by atoms with E-state index in [1.807, 2.05) is 51.1 Å². The van der Waals surface area contributed by atoms with E-state index in [-0.39, 0.29) is 31.1 Å². The van der Waals surface area contributed by atoms with Crippen molar-refractivity contribution < 1.29 is 23.8 Å². The van der Waals surface area contributed by atoms with Gasteiger partial charge in [-0.2, -0.15) is 0 Å². The molecule has 0 unspecified atom stereocenters. The van der Waals surface area contributed by atoms with Crippen LogP contribution < -0.4 is 19.5 Å². The molecule has 1 fully saturated rings. The van der Waals surface area contributed by atoms with Gasteiger partial charge in [0, 0.05) is 19.1 Å². The molecule has 1 aliphatic rings. The zero-order valence-electron chi connectivity index (χ0n) is 19.1. The van der Waals surface area contributed by atoms with Crippen LogP contribution in [0.2, 0.25) is 0 Å². The van der Waals surface area contributed by atoms with Gasteiger partial charge in [0.2, 0.25) is 0 Å². The van der Waals surface area contributed by atoms with Gasteiger partial charge in [0.15, 0.2) is 13.2 Å². The van der Waals surface area contributed by atoms with E-state index in [9.17, 15) is 9.59 Å². The van der Waals surface area contributed by atoms with Crippen molar-refractivity contribution in [3.63, 3.8) is 0 Å². The van der Waals surface area contributed by atoms with E-state index in [1.165, 1.54) is 5.56 Å². The zero-order valence-corrected chi connectivity index (χ0v) is 19.1. The highest BCUT2D eigenvalue weighted by molar-refractivity contribution is 5.79. The Bertz CT molecular complexity index is 905. The number of benzene rings is 2. The summed E-state index contributed by atoms with van der Waals surface area (Å²) in [5.41, 5.74) is 2.33. The molecule has 0 radical (unpaired) electrons. The molecular formula is C25H32N2O5. The Morgan fingerprint density at radius 2 is 1.47 bits per heavy atom. The van der Waals surface area contributed by atoms with Crippen LogP contribution >= 0.6 is 0 Å². The average molecular weight is 441 g/mol. The third-order valence-electron chi connectivity index (χ3n) is 5.56. The van der Waals surface area contributed by atoms with Crippen LogP contribution in [0.5, 0.6) is 17.2 Å². The lowest BCUT2D eigenvalue weighted by Gasteiger charge is -2.32. The first-order valence-electron chi connectivity index (χ1n) is 11.1. The smallest absolute Gasteiger partial charge is 0.260 e. The summed E-state index contributed by atoms with van der Waals surface area (Å²) >= 11 is 0. The molecule has 32 heavy (non-hydrogen) atoms. The van der Waals surface area contributed by atoms with E-state index in [1.54, 1.807) is 17.0 Å². The number of likely N-dealkylation sites (tertiary alicyclic amines) is 1. The van der Waals surface area contributed by atoms with Crippen LogP contribution in [0.3, 0.4) is 0 Å². The Morgan fingerprint density at radius 3 is 2.09 bits per heavy atom. The minimum absolute atomic E-state index is 0.0233. The van der Waals surface area contributed by atoms with Crippen molar-refractivity contribution >= 4 is 11.8 Å². The van der Waals surface area contributed by atoms with Gasteiger partial charge in [0.25, 0.3) is 11.8 Å². The highest BCUT2D eigenvalue weighted by atomic mass is 16.5. The number of hydrogen-bond acceptors (Lipinski definition) is 5. The third-order valence-corrected chi connectivity index (χ3v) is 5.56. The fraction of sp³-hybridized carbons (Fsp3) is 0.440. The summed E-state index contributed by atoms with van der Waals surface area (Å²) in [4.78, 5) is 26.5. The highest BCUT2D eigenvalue weighted by Gasteiger charge is 2.24. The van der Waals surface area contributed by atoms with Crippen molar-refractivity contribution in [1.29, 1.82) is 0 Å². The predicted octanol–water partition coefficient (Wildman–Crippen LogP) is 3.27. The van der Waals surface area contributed by atoms with Crippen molar-refractivity contribution in [2.45, 2.75) is 39.7 Å². The van der Waals surface area contributed by atoms with Gasteiger partial charge in [0.1, 0.15) is 17.2 Å². The van der Waals surface area contributed by atoms with Gasteiger partial charge in [-0.25, -0.2) is 0 Å². The van der Waals surface area contributed by atoms with Crippen molar-refractivity contribution in [1.82, 2.24) is 10.2 Å². The molecule has 1 saturated heterocycles. The van der Waals surface area contributed by atoms with Crippen molar-refractivity contribution in [2.24, 2.45) is 0 Å². The van der Waals surface area contributed by atoms with Crippen LogP contribution in [0.4, 0.5) is 0 Å². The second-order valence-electron chi connectivity index (χ2n) is 7.95. The average Bonchev–Trinajstić information content (AvgIpc) is 2.80. The Morgan fingerprint density at radius 1 is 0.875 bits per heavy atom. The quantitative estimate of drug-likeness (QED) is 0.648. The normalized spacial score (nSPS) is 14.0. The minimum atomic E-state index is -0.165. The molecule has 0 bridgehead atoms. The fourth-order valence-corrected chi connectivity index (χ4v) is 3.53.